The highest BCUT2D eigenvalue weighted by molar-refractivity contribution is 9.10. The Morgan fingerprint density at radius 3 is 2.53 bits per heavy atom. The monoisotopic (exact) mass is 320 g/mol. The zero-order chi connectivity index (χ0) is 13.7. The lowest BCUT2D eigenvalue weighted by Gasteiger charge is -2.08. The minimum absolute atomic E-state index is 0.115. The van der Waals surface area contributed by atoms with E-state index in [1.165, 1.54) is 0 Å². The molecule has 2 aromatic carbocycles. The molecule has 0 saturated carbocycles. The molecule has 0 N–H and O–H groups in total. The van der Waals surface area contributed by atoms with Crippen LogP contribution in [0.1, 0.15) is 5.56 Å². The second-order valence-corrected chi connectivity index (χ2v) is 4.84. The van der Waals surface area contributed by atoms with E-state index in [4.69, 9.17) is 9.47 Å². The van der Waals surface area contributed by atoms with E-state index in [-0.39, 0.29) is 6.61 Å². The first-order valence-corrected chi connectivity index (χ1v) is 6.59. The van der Waals surface area contributed by atoms with Crippen molar-refractivity contribution in [3.05, 3.63) is 58.6 Å². The zero-order valence-electron chi connectivity index (χ0n) is 10.4. The maximum atomic E-state index is 11.6. The van der Waals surface area contributed by atoms with Crippen molar-refractivity contribution >= 4 is 21.9 Å². The second kappa shape index (κ2) is 6.38. The van der Waals surface area contributed by atoms with E-state index in [9.17, 15) is 4.79 Å². The summed E-state index contributed by atoms with van der Waals surface area (Å²) in [5.74, 6) is 0.737. The van der Waals surface area contributed by atoms with Gasteiger partial charge in [-0.2, -0.15) is 0 Å². The number of halogens is 1. The van der Waals surface area contributed by atoms with Crippen LogP contribution in [0.3, 0.4) is 0 Å². The van der Waals surface area contributed by atoms with Gasteiger partial charge in [0, 0.05) is 4.47 Å². The van der Waals surface area contributed by atoms with Gasteiger partial charge in [0.2, 0.25) is 0 Å². The topological polar surface area (TPSA) is 35.5 Å². The summed E-state index contributed by atoms with van der Waals surface area (Å²) in [7, 11) is 0. The summed E-state index contributed by atoms with van der Waals surface area (Å²) in [6.45, 7) is 1.84. The van der Waals surface area contributed by atoms with Crippen LogP contribution in [0.2, 0.25) is 0 Å². The largest absolute Gasteiger partial charge is 0.482 e. The summed E-state index contributed by atoms with van der Waals surface area (Å²) >= 11 is 3.41. The van der Waals surface area contributed by atoms with E-state index in [0.29, 0.717) is 11.5 Å². The summed E-state index contributed by atoms with van der Waals surface area (Å²) < 4.78 is 11.5. The van der Waals surface area contributed by atoms with E-state index in [1.54, 1.807) is 18.2 Å². The molecule has 98 valence electrons. The molecule has 0 unspecified atom stereocenters. The van der Waals surface area contributed by atoms with Gasteiger partial charge in [-0.1, -0.05) is 34.1 Å². The van der Waals surface area contributed by atoms with Crippen molar-refractivity contribution in [1.29, 1.82) is 0 Å². The van der Waals surface area contributed by atoms with E-state index in [2.05, 4.69) is 15.9 Å². The summed E-state index contributed by atoms with van der Waals surface area (Å²) in [4.78, 5) is 11.6. The van der Waals surface area contributed by atoms with Crippen LogP contribution >= 0.6 is 15.9 Å². The molecule has 0 aliphatic heterocycles. The number of para-hydroxylation sites is 1. The molecule has 0 amide bonds. The van der Waals surface area contributed by atoms with Crippen LogP contribution in [0.15, 0.2) is 53.0 Å². The van der Waals surface area contributed by atoms with Crippen LogP contribution < -0.4 is 9.47 Å². The molecule has 2 aromatic rings. The Morgan fingerprint density at radius 1 is 1.11 bits per heavy atom. The standard InChI is InChI=1S/C15H13BrO3/c1-11-9-13(7-8-14(11)16)18-10-15(17)19-12-5-3-2-4-6-12/h2-9H,10H2,1H3. The zero-order valence-corrected chi connectivity index (χ0v) is 12.0. The number of esters is 1. The second-order valence-electron chi connectivity index (χ2n) is 3.99. The Hall–Kier alpha value is -1.81. The molecule has 0 radical (unpaired) electrons. The molecule has 2 rings (SSSR count). The number of hydrogen-bond acceptors (Lipinski definition) is 3. The van der Waals surface area contributed by atoms with Crippen LogP contribution in [0.25, 0.3) is 0 Å². The van der Waals surface area contributed by atoms with Gasteiger partial charge in [-0.25, -0.2) is 4.79 Å². The summed E-state index contributed by atoms with van der Waals surface area (Å²) in [5, 5.41) is 0. The highest BCUT2D eigenvalue weighted by Crippen LogP contribution is 2.21. The van der Waals surface area contributed by atoms with E-state index in [0.717, 1.165) is 10.0 Å². The van der Waals surface area contributed by atoms with Crippen molar-refractivity contribution in [2.24, 2.45) is 0 Å². The van der Waals surface area contributed by atoms with Crippen molar-refractivity contribution < 1.29 is 14.3 Å². The third-order valence-electron chi connectivity index (χ3n) is 2.46. The van der Waals surface area contributed by atoms with Gasteiger partial charge in [0.15, 0.2) is 6.61 Å². The minimum atomic E-state index is -0.424. The molecule has 0 saturated heterocycles. The average molecular weight is 321 g/mol. The van der Waals surface area contributed by atoms with Crippen LogP contribution in [-0.2, 0) is 4.79 Å². The van der Waals surface area contributed by atoms with Gasteiger partial charge in [0.1, 0.15) is 11.5 Å². The fourth-order valence-corrected chi connectivity index (χ4v) is 1.75. The molecule has 0 bridgehead atoms. The highest BCUT2D eigenvalue weighted by atomic mass is 79.9. The lowest BCUT2D eigenvalue weighted by Crippen LogP contribution is -2.17. The molecule has 4 heteroatoms. The van der Waals surface area contributed by atoms with Gasteiger partial charge in [0.05, 0.1) is 0 Å². The molecule has 19 heavy (non-hydrogen) atoms. The maximum absolute atomic E-state index is 11.6. The molecule has 3 nitrogen and oxygen atoms in total. The first kappa shape index (κ1) is 13.6. The summed E-state index contributed by atoms with van der Waals surface area (Å²) in [6.07, 6.45) is 0. The Kier molecular flexibility index (Phi) is 4.58. The lowest BCUT2D eigenvalue weighted by atomic mass is 10.2. The molecule has 0 fully saturated rings. The molecule has 0 aliphatic carbocycles. The van der Waals surface area contributed by atoms with Crippen molar-refractivity contribution in [3.8, 4) is 11.5 Å². The van der Waals surface area contributed by atoms with E-state index < -0.39 is 5.97 Å². The van der Waals surface area contributed by atoms with Crippen LogP contribution in [0.5, 0.6) is 11.5 Å². The summed E-state index contributed by atoms with van der Waals surface area (Å²) in [5.41, 5.74) is 1.05. The Balaban J connectivity index is 1.88. The Morgan fingerprint density at radius 2 is 1.84 bits per heavy atom. The van der Waals surface area contributed by atoms with E-state index >= 15 is 0 Å². The van der Waals surface area contributed by atoms with Gasteiger partial charge in [-0.15, -0.1) is 0 Å². The molecule has 0 aromatic heterocycles. The molecule has 0 atom stereocenters. The number of carbonyl (C=O) groups excluding carboxylic acids is 1. The molecule has 0 aliphatic rings. The first-order valence-electron chi connectivity index (χ1n) is 5.80. The first-order chi connectivity index (χ1) is 9.15. The van der Waals surface area contributed by atoms with Crippen LogP contribution in [0.4, 0.5) is 0 Å². The number of aryl methyl sites for hydroxylation is 1. The van der Waals surface area contributed by atoms with Gasteiger partial charge < -0.3 is 9.47 Å². The average Bonchev–Trinajstić information content (AvgIpc) is 2.41. The predicted molar refractivity (Wildman–Crippen MR) is 76.5 cm³/mol. The molecule has 0 heterocycles. The van der Waals surface area contributed by atoms with Gasteiger partial charge in [-0.3, -0.25) is 0 Å². The molecular weight excluding hydrogens is 308 g/mol. The van der Waals surface area contributed by atoms with Crippen molar-refractivity contribution in [2.45, 2.75) is 6.92 Å². The SMILES string of the molecule is Cc1cc(OCC(=O)Oc2ccccc2)ccc1Br. The van der Waals surface area contributed by atoms with Gasteiger partial charge in [-0.05, 0) is 42.8 Å². The number of carbonyl (C=O) groups is 1. The fourth-order valence-electron chi connectivity index (χ4n) is 1.50. The normalized spacial score (nSPS) is 10.0. The third-order valence-corrected chi connectivity index (χ3v) is 3.35. The Bertz CT molecular complexity index is 567. The quantitative estimate of drug-likeness (QED) is 0.636. The number of benzene rings is 2. The fraction of sp³-hybridized carbons (Fsp3) is 0.133. The molecular formula is C15H13BrO3. The predicted octanol–water partition coefficient (Wildman–Crippen LogP) is 3.74. The van der Waals surface area contributed by atoms with Crippen molar-refractivity contribution in [2.75, 3.05) is 6.61 Å². The van der Waals surface area contributed by atoms with Gasteiger partial charge >= 0.3 is 5.97 Å². The maximum Gasteiger partial charge on any atom is 0.349 e. The lowest BCUT2D eigenvalue weighted by molar-refractivity contribution is -0.136. The van der Waals surface area contributed by atoms with Crippen LogP contribution in [0, 0.1) is 6.92 Å². The Labute approximate surface area is 120 Å². The van der Waals surface area contributed by atoms with Crippen molar-refractivity contribution in [3.63, 3.8) is 0 Å². The van der Waals surface area contributed by atoms with Gasteiger partial charge in [0.25, 0.3) is 0 Å². The molecule has 0 spiro atoms. The van der Waals surface area contributed by atoms with Crippen molar-refractivity contribution in [1.82, 2.24) is 0 Å². The van der Waals surface area contributed by atoms with E-state index in [1.807, 2.05) is 37.3 Å². The number of hydrogen-bond donors (Lipinski definition) is 0. The van der Waals surface area contributed by atoms with Crippen LogP contribution in [-0.4, -0.2) is 12.6 Å². The smallest absolute Gasteiger partial charge is 0.349 e. The highest BCUT2D eigenvalue weighted by Gasteiger charge is 2.06. The third kappa shape index (κ3) is 4.10. The minimum Gasteiger partial charge on any atom is -0.482 e. The summed E-state index contributed by atoms with van der Waals surface area (Å²) in [6, 6.07) is 14.5. The number of rotatable bonds is 4. The number of ether oxygens (including phenoxy) is 2.